The summed E-state index contributed by atoms with van der Waals surface area (Å²) >= 11 is 0. The van der Waals surface area contributed by atoms with E-state index >= 15 is 0 Å². The van der Waals surface area contributed by atoms with E-state index in [-0.39, 0.29) is 81.9 Å². The fourth-order valence-corrected chi connectivity index (χ4v) is 8.05. The topological polar surface area (TPSA) is 9.23 Å². The summed E-state index contributed by atoms with van der Waals surface area (Å²) in [7, 11) is 0. The first kappa shape index (κ1) is 16.4. The molecule has 0 saturated carbocycles. The van der Waals surface area contributed by atoms with Crippen LogP contribution in [0.5, 0.6) is 11.5 Å². The lowest BCUT2D eigenvalue weighted by molar-refractivity contribution is 0.487. The third-order valence-electron chi connectivity index (χ3n) is 9.83. The Labute approximate surface area is 282 Å². The van der Waals surface area contributed by atoms with Crippen LogP contribution < -0.4 is 4.74 Å². The van der Waals surface area contributed by atoms with E-state index in [1.807, 2.05) is 66.7 Å². The number of para-hydroxylation sites is 1. The highest BCUT2D eigenvalue weighted by atomic mass is 16.5. The molecule has 212 valence electrons. The van der Waals surface area contributed by atoms with Crippen LogP contribution in [-0.2, 0) is 5.41 Å². The first-order valence-corrected chi connectivity index (χ1v) is 15.1. The van der Waals surface area contributed by atoms with E-state index in [2.05, 4.69) is 0 Å². The zero-order valence-electron chi connectivity index (χ0n) is 35.1. The lowest BCUT2D eigenvalue weighted by atomic mass is 9.70. The molecular weight excluding hydrogens is 556 g/mol. The zero-order valence-corrected chi connectivity index (χ0v) is 24.1. The molecule has 0 N–H and O–H groups in total. The lowest BCUT2D eigenvalue weighted by Crippen LogP contribution is -2.25. The molecule has 1 heterocycles. The third-order valence-corrected chi connectivity index (χ3v) is 9.83. The van der Waals surface area contributed by atoms with Crippen molar-refractivity contribution >= 4 is 21.5 Å². The Kier molecular flexibility index (Phi) is 3.07. The smallest absolute Gasteiger partial charge is 0.135 e. The second kappa shape index (κ2) is 8.62. The highest BCUT2D eigenvalue weighted by Crippen LogP contribution is 2.64. The number of ether oxygens (including phenoxy) is 1. The Hall–Kier alpha value is -5.92. The molecule has 1 spiro atoms. The van der Waals surface area contributed by atoms with Gasteiger partial charge in [-0.1, -0.05) is 139 Å². The minimum Gasteiger partial charge on any atom is -0.456 e. The molecule has 0 aromatic heterocycles. The molecule has 1 unspecified atom stereocenters. The largest absolute Gasteiger partial charge is 0.456 e. The van der Waals surface area contributed by atoms with E-state index in [1.54, 1.807) is 24.3 Å². The summed E-state index contributed by atoms with van der Waals surface area (Å²) in [5.74, 6) is 0.446. The SMILES string of the molecule is [2H]c1c([2H])c([2H])c2c3c(c([2H])c([2H])c2c1[2H])C1(c2ccccc2-c2ccc(-c4c([2H])c([2H])c5c6c(c([2H])c([2H])c([2H])c46)-c4ccccc4O5)cc21)c1ccccc1-3. The van der Waals surface area contributed by atoms with Gasteiger partial charge in [0.05, 0.1) is 20.5 Å². The van der Waals surface area contributed by atoms with Crippen molar-refractivity contribution in [3.05, 3.63) is 180 Å². The van der Waals surface area contributed by atoms with Crippen molar-refractivity contribution in [2.75, 3.05) is 0 Å². The molecule has 0 fully saturated rings. The molecule has 11 rings (SSSR count). The normalized spacial score (nSPS) is 19.4. The number of benzene rings is 8. The van der Waals surface area contributed by atoms with Crippen LogP contribution in [0.3, 0.4) is 0 Å². The summed E-state index contributed by atoms with van der Waals surface area (Å²) in [4.78, 5) is 0. The quantitative estimate of drug-likeness (QED) is 0.184. The van der Waals surface area contributed by atoms with Gasteiger partial charge in [0.1, 0.15) is 11.5 Å². The Morgan fingerprint density at radius 2 is 1.20 bits per heavy atom. The molecule has 8 aromatic carbocycles. The summed E-state index contributed by atoms with van der Waals surface area (Å²) in [6, 6.07) is 24.8. The van der Waals surface area contributed by atoms with Crippen LogP contribution in [-0.4, -0.2) is 0 Å². The average Bonchev–Trinajstić information content (AvgIpc) is 3.69. The number of hydrogen-bond donors (Lipinski definition) is 0. The monoisotopic (exact) mass is 593 g/mol. The maximum atomic E-state index is 9.72. The van der Waals surface area contributed by atoms with Crippen molar-refractivity contribution in [1.29, 1.82) is 0 Å². The van der Waals surface area contributed by atoms with Gasteiger partial charge in [0.2, 0.25) is 0 Å². The molecular formula is C45H26O. The van der Waals surface area contributed by atoms with Gasteiger partial charge in [0.15, 0.2) is 0 Å². The Balaban J connectivity index is 1.31. The summed E-state index contributed by atoms with van der Waals surface area (Å²) in [6.07, 6.45) is 0. The van der Waals surface area contributed by atoms with Gasteiger partial charge in [-0.3, -0.25) is 0 Å². The fourth-order valence-electron chi connectivity index (χ4n) is 8.05. The molecule has 1 aliphatic heterocycles. The number of hydrogen-bond acceptors (Lipinski definition) is 1. The molecule has 0 saturated heterocycles. The number of fused-ring (bicyclic) bond motifs is 14. The second-order valence-electron chi connectivity index (χ2n) is 11.9. The van der Waals surface area contributed by atoms with Crippen LogP contribution in [0.4, 0.5) is 0 Å². The molecule has 0 bridgehead atoms. The van der Waals surface area contributed by atoms with Crippen molar-refractivity contribution < 1.29 is 19.8 Å². The molecule has 46 heavy (non-hydrogen) atoms. The summed E-state index contributed by atoms with van der Waals surface area (Å²) in [5.41, 5.74) is 5.87. The lowest BCUT2D eigenvalue weighted by Gasteiger charge is -2.31. The molecule has 2 aliphatic carbocycles. The average molecular weight is 594 g/mol. The maximum Gasteiger partial charge on any atom is 0.135 e. The van der Waals surface area contributed by atoms with Gasteiger partial charge in [-0.25, -0.2) is 0 Å². The fraction of sp³-hybridized carbons (Fsp3) is 0.0222. The van der Waals surface area contributed by atoms with E-state index in [0.29, 0.717) is 50.1 Å². The van der Waals surface area contributed by atoms with E-state index < -0.39 is 17.5 Å². The van der Waals surface area contributed by atoms with Gasteiger partial charge in [-0.2, -0.15) is 0 Å². The van der Waals surface area contributed by atoms with Crippen molar-refractivity contribution in [3.63, 3.8) is 0 Å². The minimum atomic E-state index is -1.25. The highest BCUT2D eigenvalue weighted by Gasteiger charge is 2.52. The molecule has 0 amide bonds. The number of rotatable bonds is 1. The van der Waals surface area contributed by atoms with Crippen LogP contribution in [0, 0.1) is 0 Å². The Bertz CT molecular complexity index is 3250. The van der Waals surface area contributed by atoms with Gasteiger partial charge in [-0.05, 0) is 95.5 Å². The highest BCUT2D eigenvalue weighted by molar-refractivity contribution is 6.11. The Morgan fingerprint density at radius 3 is 2.11 bits per heavy atom. The van der Waals surface area contributed by atoms with Crippen LogP contribution in [0.25, 0.3) is 66.1 Å². The van der Waals surface area contributed by atoms with E-state index in [4.69, 9.17) is 13.0 Å². The van der Waals surface area contributed by atoms with Crippen molar-refractivity contribution in [3.8, 4) is 56.0 Å². The molecule has 3 aliphatic rings. The molecule has 1 heteroatoms. The predicted molar refractivity (Wildman–Crippen MR) is 189 cm³/mol. The van der Waals surface area contributed by atoms with E-state index in [9.17, 15) is 6.85 Å². The molecule has 8 aromatic rings. The van der Waals surface area contributed by atoms with Crippen LogP contribution >= 0.6 is 0 Å². The second-order valence-corrected chi connectivity index (χ2v) is 11.9. The van der Waals surface area contributed by atoms with Crippen molar-refractivity contribution in [2.45, 2.75) is 5.41 Å². The molecule has 1 nitrogen and oxygen atoms in total. The van der Waals surface area contributed by atoms with Gasteiger partial charge in [0, 0.05) is 10.9 Å². The first-order valence-electron chi connectivity index (χ1n) is 20.6. The summed E-state index contributed by atoms with van der Waals surface area (Å²) in [5, 5.41) is 0.685. The van der Waals surface area contributed by atoms with Gasteiger partial charge in [-0.15, -0.1) is 0 Å². The molecule has 0 radical (unpaired) electrons. The van der Waals surface area contributed by atoms with Crippen molar-refractivity contribution in [1.82, 2.24) is 0 Å². The molecule has 1 atom stereocenters. The van der Waals surface area contributed by atoms with Gasteiger partial charge in [0.25, 0.3) is 0 Å². The van der Waals surface area contributed by atoms with E-state index in [0.717, 1.165) is 22.3 Å². The van der Waals surface area contributed by atoms with Crippen LogP contribution in [0.2, 0.25) is 0 Å². The summed E-state index contributed by atoms with van der Waals surface area (Å²) < 4.78 is 106. The van der Waals surface area contributed by atoms with Crippen LogP contribution in [0.15, 0.2) is 157 Å². The standard InChI is InChI=1S/C45H26O/c1-2-11-30-27(10-1)21-24-39-43(30)36-14-4-7-18-38(36)45(39)37-17-6-3-12-31(37)32-22-20-28(26-40(32)45)29-23-25-42-44-34(29)15-9-16-35(44)33-13-5-8-19-41(33)46-42/h1-26H/i1D,2D,9D,10D,11D,15D,16D,21D,23D,24D,25D. The predicted octanol–water partition coefficient (Wildman–Crippen LogP) is 11.8. The van der Waals surface area contributed by atoms with Crippen molar-refractivity contribution in [2.24, 2.45) is 0 Å². The van der Waals surface area contributed by atoms with Gasteiger partial charge >= 0.3 is 0 Å². The van der Waals surface area contributed by atoms with Crippen LogP contribution in [0.1, 0.15) is 37.3 Å². The van der Waals surface area contributed by atoms with Gasteiger partial charge < -0.3 is 4.74 Å². The third kappa shape index (κ3) is 2.87. The summed E-state index contributed by atoms with van der Waals surface area (Å²) in [6.45, 7) is 0. The Morgan fingerprint density at radius 1 is 0.457 bits per heavy atom. The first-order chi connectivity index (χ1) is 27.4. The minimum absolute atomic E-state index is 0.0192. The van der Waals surface area contributed by atoms with E-state index in [1.165, 1.54) is 0 Å². The maximum absolute atomic E-state index is 9.72. The zero-order chi connectivity index (χ0) is 39.6.